The molecule has 0 aliphatic heterocycles. The summed E-state index contributed by atoms with van der Waals surface area (Å²) in [6.45, 7) is 2.82. The summed E-state index contributed by atoms with van der Waals surface area (Å²) >= 11 is 3.44. The van der Waals surface area contributed by atoms with Gasteiger partial charge >= 0.3 is 0 Å². The van der Waals surface area contributed by atoms with Crippen LogP contribution in [0.2, 0.25) is 0 Å². The minimum Gasteiger partial charge on any atom is -0.368 e. The minimum atomic E-state index is -0.474. The van der Waals surface area contributed by atoms with Crippen LogP contribution >= 0.6 is 23.1 Å². The van der Waals surface area contributed by atoms with Crippen molar-refractivity contribution in [2.24, 2.45) is 11.7 Å². The molecule has 3 N–H and O–H groups in total. The van der Waals surface area contributed by atoms with E-state index < -0.39 is 5.54 Å². The summed E-state index contributed by atoms with van der Waals surface area (Å²) in [6.07, 6.45) is 5.90. The summed E-state index contributed by atoms with van der Waals surface area (Å²) in [6, 6.07) is 0. The van der Waals surface area contributed by atoms with Crippen LogP contribution in [0.1, 0.15) is 32.6 Å². The van der Waals surface area contributed by atoms with E-state index in [9.17, 15) is 4.79 Å². The summed E-state index contributed by atoms with van der Waals surface area (Å²) < 4.78 is 1.10. The Balaban J connectivity index is 1.92. The first-order valence-electron chi connectivity index (χ1n) is 6.76. The van der Waals surface area contributed by atoms with Gasteiger partial charge in [-0.25, -0.2) is 4.98 Å². The molecular formula is C13H21N3OS2. The minimum absolute atomic E-state index is 0.184. The summed E-state index contributed by atoms with van der Waals surface area (Å²) in [5, 5.41) is 5.34. The molecule has 1 amide bonds. The number of thioether (sulfide) groups is 1. The van der Waals surface area contributed by atoms with Crippen molar-refractivity contribution < 1.29 is 4.79 Å². The van der Waals surface area contributed by atoms with Gasteiger partial charge in [0.1, 0.15) is 9.88 Å². The number of likely N-dealkylation sites (N-methyl/N-ethyl adjacent to an activating group) is 1. The third kappa shape index (κ3) is 3.30. The average Bonchev–Trinajstić information content (AvgIpc) is 3.01. The highest BCUT2D eigenvalue weighted by atomic mass is 32.2. The van der Waals surface area contributed by atoms with E-state index in [1.807, 2.05) is 18.5 Å². The predicted octanol–water partition coefficient (Wildman–Crippen LogP) is 2.26. The van der Waals surface area contributed by atoms with Gasteiger partial charge in [0.25, 0.3) is 0 Å². The zero-order chi connectivity index (χ0) is 13.7. The molecule has 2 atom stereocenters. The lowest BCUT2D eigenvalue weighted by Crippen LogP contribution is -2.57. The molecule has 19 heavy (non-hydrogen) atoms. The first kappa shape index (κ1) is 14.8. The molecule has 6 heteroatoms. The van der Waals surface area contributed by atoms with Gasteiger partial charge in [0.15, 0.2) is 0 Å². The van der Waals surface area contributed by atoms with Crippen LogP contribution in [0.5, 0.6) is 0 Å². The Bertz CT molecular complexity index is 410. The predicted molar refractivity (Wildman–Crippen MR) is 80.4 cm³/mol. The SMILES string of the molecule is CCNC1(C(N)=O)CCCC1CCSc1nccs1. The molecule has 1 aromatic heterocycles. The van der Waals surface area contributed by atoms with E-state index in [1.54, 1.807) is 23.1 Å². The average molecular weight is 299 g/mol. The Morgan fingerprint density at radius 1 is 1.74 bits per heavy atom. The van der Waals surface area contributed by atoms with E-state index in [0.717, 1.165) is 42.3 Å². The Morgan fingerprint density at radius 3 is 3.21 bits per heavy atom. The van der Waals surface area contributed by atoms with Gasteiger partial charge in [-0.1, -0.05) is 25.1 Å². The third-order valence-corrected chi connectivity index (χ3v) is 5.85. The highest BCUT2D eigenvalue weighted by Crippen LogP contribution is 2.39. The maximum absolute atomic E-state index is 11.9. The van der Waals surface area contributed by atoms with Crippen molar-refractivity contribution in [2.75, 3.05) is 12.3 Å². The van der Waals surface area contributed by atoms with Gasteiger partial charge < -0.3 is 11.1 Å². The number of nitrogens with one attached hydrogen (secondary N) is 1. The Kier molecular flexibility index (Phi) is 5.24. The molecule has 0 spiro atoms. The van der Waals surface area contributed by atoms with Crippen molar-refractivity contribution >= 4 is 29.0 Å². The van der Waals surface area contributed by atoms with Crippen molar-refractivity contribution in [3.8, 4) is 0 Å². The van der Waals surface area contributed by atoms with Gasteiger partial charge in [-0.2, -0.15) is 0 Å². The smallest absolute Gasteiger partial charge is 0.238 e. The highest BCUT2D eigenvalue weighted by Gasteiger charge is 2.46. The van der Waals surface area contributed by atoms with E-state index >= 15 is 0 Å². The topological polar surface area (TPSA) is 68.0 Å². The van der Waals surface area contributed by atoms with Crippen molar-refractivity contribution in [2.45, 2.75) is 42.5 Å². The molecule has 4 nitrogen and oxygen atoms in total. The molecule has 2 rings (SSSR count). The molecule has 1 fully saturated rings. The van der Waals surface area contributed by atoms with Crippen LogP contribution in [0.3, 0.4) is 0 Å². The number of nitrogens with two attached hydrogens (primary N) is 1. The summed E-state index contributed by atoms with van der Waals surface area (Å²) in [5.41, 5.74) is 5.18. The number of carbonyl (C=O) groups is 1. The maximum Gasteiger partial charge on any atom is 0.238 e. The molecule has 1 aliphatic carbocycles. The Morgan fingerprint density at radius 2 is 2.58 bits per heavy atom. The monoisotopic (exact) mass is 299 g/mol. The van der Waals surface area contributed by atoms with Crippen LogP contribution < -0.4 is 11.1 Å². The fraction of sp³-hybridized carbons (Fsp3) is 0.692. The van der Waals surface area contributed by atoms with Crippen LogP contribution in [0.4, 0.5) is 0 Å². The van der Waals surface area contributed by atoms with E-state index in [1.165, 1.54) is 0 Å². The second kappa shape index (κ2) is 6.72. The number of amides is 1. The molecule has 1 aromatic rings. The molecule has 0 saturated heterocycles. The number of hydrogen-bond donors (Lipinski definition) is 2. The van der Waals surface area contributed by atoms with Gasteiger partial charge in [0, 0.05) is 17.3 Å². The molecule has 2 unspecified atom stereocenters. The van der Waals surface area contributed by atoms with Crippen LogP contribution in [-0.2, 0) is 4.79 Å². The zero-order valence-electron chi connectivity index (χ0n) is 11.2. The van der Waals surface area contributed by atoms with Crippen LogP contribution in [0, 0.1) is 5.92 Å². The van der Waals surface area contributed by atoms with Crippen LogP contribution in [0.15, 0.2) is 15.9 Å². The molecule has 0 bridgehead atoms. The van der Waals surface area contributed by atoms with E-state index in [4.69, 9.17) is 5.73 Å². The summed E-state index contributed by atoms with van der Waals surface area (Å²) in [4.78, 5) is 16.1. The van der Waals surface area contributed by atoms with Gasteiger partial charge in [-0.05, 0) is 31.7 Å². The van der Waals surface area contributed by atoms with Gasteiger partial charge in [0.2, 0.25) is 5.91 Å². The Hall–Kier alpha value is -0.590. The number of rotatable bonds is 7. The van der Waals surface area contributed by atoms with Crippen LogP contribution in [0.25, 0.3) is 0 Å². The summed E-state index contributed by atoms with van der Waals surface area (Å²) in [5.74, 6) is 1.17. The molecular weight excluding hydrogens is 278 g/mol. The molecule has 1 saturated carbocycles. The third-order valence-electron chi connectivity index (χ3n) is 3.85. The number of primary amides is 1. The van der Waals surface area contributed by atoms with Crippen molar-refractivity contribution in [3.05, 3.63) is 11.6 Å². The first-order chi connectivity index (χ1) is 9.19. The number of aromatic nitrogens is 1. The number of thiazole rings is 1. The fourth-order valence-electron chi connectivity index (χ4n) is 3.00. The van der Waals surface area contributed by atoms with Crippen molar-refractivity contribution in [3.63, 3.8) is 0 Å². The summed E-state index contributed by atoms with van der Waals surface area (Å²) in [7, 11) is 0. The number of hydrogen-bond acceptors (Lipinski definition) is 5. The van der Waals surface area contributed by atoms with E-state index in [-0.39, 0.29) is 5.91 Å². The number of carbonyl (C=O) groups excluding carboxylic acids is 1. The molecule has 1 aliphatic rings. The standard InChI is InChI=1S/C13H21N3OS2/c1-2-16-13(11(14)17)6-3-4-10(13)5-8-18-12-15-7-9-19-12/h7,9-10,16H,2-6,8H2,1H3,(H2,14,17). The second-order valence-electron chi connectivity index (χ2n) is 4.89. The molecule has 1 heterocycles. The van der Waals surface area contributed by atoms with Crippen molar-refractivity contribution in [1.82, 2.24) is 10.3 Å². The van der Waals surface area contributed by atoms with Crippen LogP contribution in [-0.4, -0.2) is 28.7 Å². The largest absolute Gasteiger partial charge is 0.368 e. The Labute approximate surface area is 122 Å². The lowest BCUT2D eigenvalue weighted by atomic mass is 9.84. The zero-order valence-corrected chi connectivity index (χ0v) is 12.9. The first-order valence-corrected chi connectivity index (χ1v) is 8.63. The van der Waals surface area contributed by atoms with Crippen molar-refractivity contribution in [1.29, 1.82) is 0 Å². The molecule has 0 aromatic carbocycles. The lowest BCUT2D eigenvalue weighted by Gasteiger charge is -2.33. The second-order valence-corrected chi connectivity index (χ2v) is 7.13. The fourth-order valence-corrected chi connectivity index (χ4v) is 4.76. The normalized spacial score (nSPS) is 26.7. The van der Waals surface area contributed by atoms with Gasteiger partial charge in [-0.15, -0.1) is 11.3 Å². The highest BCUT2D eigenvalue weighted by molar-refractivity contribution is 8.00. The number of nitrogens with zero attached hydrogens (tertiary/aromatic N) is 1. The molecule has 106 valence electrons. The van der Waals surface area contributed by atoms with E-state index in [0.29, 0.717) is 5.92 Å². The lowest BCUT2D eigenvalue weighted by molar-refractivity contribution is -0.125. The molecule has 0 radical (unpaired) electrons. The quantitative estimate of drug-likeness (QED) is 0.758. The van der Waals surface area contributed by atoms with E-state index in [2.05, 4.69) is 10.3 Å². The van der Waals surface area contributed by atoms with Gasteiger partial charge in [-0.3, -0.25) is 4.79 Å². The van der Waals surface area contributed by atoms with Gasteiger partial charge in [0.05, 0.1) is 0 Å². The maximum atomic E-state index is 11.9.